The summed E-state index contributed by atoms with van der Waals surface area (Å²) in [7, 11) is -3.75. The van der Waals surface area contributed by atoms with Crippen molar-refractivity contribution < 1.29 is 13.2 Å². The van der Waals surface area contributed by atoms with E-state index in [9.17, 15) is 13.2 Å². The summed E-state index contributed by atoms with van der Waals surface area (Å²) in [4.78, 5) is 11.8. The number of hydrogen-bond donors (Lipinski definition) is 2. The van der Waals surface area contributed by atoms with Crippen molar-refractivity contribution in [2.75, 3.05) is 5.32 Å². The van der Waals surface area contributed by atoms with Gasteiger partial charge in [0.15, 0.2) is 0 Å². The quantitative estimate of drug-likeness (QED) is 0.809. The van der Waals surface area contributed by atoms with Crippen LogP contribution in [0.4, 0.5) is 5.69 Å². The van der Waals surface area contributed by atoms with E-state index in [-0.39, 0.29) is 10.8 Å². The van der Waals surface area contributed by atoms with Crippen LogP contribution < -0.4 is 10.5 Å². The second kappa shape index (κ2) is 7.14. The van der Waals surface area contributed by atoms with E-state index in [1.165, 1.54) is 30.3 Å². The molecule has 2 aromatic carbocycles. The number of anilines is 1. The minimum atomic E-state index is -3.75. The van der Waals surface area contributed by atoms with Gasteiger partial charge in [0.05, 0.1) is 4.90 Å². The van der Waals surface area contributed by atoms with Crippen LogP contribution in [0.25, 0.3) is 6.08 Å². The number of hydrogen-bond acceptors (Lipinski definition) is 3. The number of amides is 1. The van der Waals surface area contributed by atoms with E-state index in [4.69, 9.17) is 28.3 Å². The zero-order valence-corrected chi connectivity index (χ0v) is 14.0. The van der Waals surface area contributed by atoms with Crippen molar-refractivity contribution in [3.05, 3.63) is 64.1 Å². The van der Waals surface area contributed by atoms with Crippen LogP contribution in [-0.2, 0) is 14.8 Å². The number of nitrogens with one attached hydrogen (secondary N) is 1. The molecule has 0 heterocycles. The Labute approximate surface area is 143 Å². The molecule has 5 nitrogen and oxygen atoms in total. The molecular weight excluding hydrogens is 359 g/mol. The van der Waals surface area contributed by atoms with Gasteiger partial charge >= 0.3 is 0 Å². The summed E-state index contributed by atoms with van der Waals surface area (Å²) >= 11 is 11.8. The lowest BCUT2D eigenvalue weighted by molar-refractivity contribution is -0.111. The fourth-order valence-corrected chi connectivity index (χ4v) is 2.70. The Kier molecular flexibility index (Phi) is 5.43. The van der Waals surface area contributed by atoms with Crippen LogP contribution >= 0.6 is 23.2 Å². The van der Waals surface area contributed by atoms with Crippen LogP contribution in [0.3, 0.4) is 0 Å². The number of benzene rings is 2. The van der Waals surface area contributed by atoms with E-state index in [2.05, 4.69) is 5.32 Å². The fourth-order valence-electron chi connectivity index (χ4n) is 1.71. The number of primary sulfonamides is 1. The third-order valence-corrected chi connectivity index (χ3v) is 4.32. The minimum Gasteiger partial charge on any atom is -0.323 e. The number of carbonyl (C=O) groups is 1. The van der Waals surface area contributed by atoms with Gasteiger partial charge in [-0.05, 0) is 48.0 Å². The Morgan fingerprint density at radius 2 is 1.74 bits per heavy atom. The van der Waals surface area contributed by atoms with Gasteiger partial charge in [0.2, 0.25) is 15.9 Å². The number of halogens is 2. The zero-order chi connectivity index (χ0) is 17.0. The van der Waals surface area contributed by atoms with E-state index in [1.54, 1.807) is 24.3 Å². The van der Waals surface area contributed by atoms with E-state index in [1.807, 2.05) is 0 Å². The van der Waals surface area contributed by atoms with E-state index >= 15 is 0 Å². The van der Waals surface area contributed by atoms with Crippen molar-refractivity contribution in [1.82, 2.24) is 0 Å². The highest BCUT2D eigenvalue weighted by molar-refractivity contribution is 7.89. The third kappa shape index (κ3) is 5.07. The first-order chi connectivity index (χ1) is 10.8. The van der Waals surface area contributed by atoms with Gasteiger partial charge in [0.25, 0.3) is 0 Å². The fraction of sp³-hybridized carbons (Fsp3) is 0. The van der Waals surface area contributed by atoms with Gasteiger partial charge in [0, 0.05) is 21.8 Å². The number of rotatable bonds is 4. The largest absolute Gasteiger partial charge is 0.323 e. The molecule has 0 aliphatic heterocycles. The number of carbonyl (C=O) groups excluding carboxylic acids is 1. The summed E-state index contributed by atoms with van der Waals surface area (Å²) in [6, 6.07) is 10.4. The van der Waals surface area contributed by atoms with E-state index < -0.39 is 10.0 Å². The molecular formula is C15H12Cl2N2O3S. The van der Waals surface area contributed by atoms with Crippen LogP contribution in [-0.4, -0.2) is 14.3 Å². The summed E-state index contributed by atoms with van der Waals surface area (Å²) in [6.45, 7) is 0. The highest BCUT2D eigenvalue weighted by Crippen LogP contribution is 2.22. The van der Waals surface area contributed by atoms with Gasteiger partial charge in [-0.1, -0.05) is 29.3 Å². The molecule has 0 aliphatic carbocycles. The molecule has 0 atom stereocenters. The Morgan fingerprint density at radius 3 is 2.30 bits per heavy atom. The van der Waals surface area contributed by atoms with Gasteiger partial charge in [-0.2, -0.15) is 0 Å². The molecule has 2 aromatic rings. The summed E-state index contributed by atoms with van der Waals surface area (Å²) in [5.41, 5.74) is 1.09. The van der Waals surface area contributed by atoms with Crippen LogP contribution in [0.5, 0.6) is 0 Å². The number of nitrogens with two attached hydrogens (primary N) is 1. The Morgan fingerprint density at radius 1 is 1.09 bits per heavy atom. The third-order valence-electron chi connectivity index (χ3n) is 2.83. The highest BCUT2D eigenvalue weighted by Gasteiger charge is 2.07. The Bertz CT molecular complexity index is 863. The standard InChI is InChI=1S/C15H12Cl2N2O3S/c16-11-3-1-10(14(17)9-11)2-8-15(20)19-12-4-6-13(7-5-12)23(18,21)22/h1-9H,(H,19,20)(H2,18,21,22). The summed E-state index contributed by atoms with van der Waals surface area (Å²) in [6.07, 6.45) is 2.86. The SMILES string of the molecule is NS(=O)(=O)c1ccc(NC(=O)C=Cc2ccc(Cl)cc2Cl)cc1. The topological polar surface area (TPSA) is 89.3 Å². The molecule has 120 valence electrons. The maximum absolute atomic E-state index is 11.8. The van der Waals surface area contributed by atoms with Gasteiger partial charge < -0.3 is 5.32 Å². The van der Waals surface area contributed by atoms with Gasteiger partial charge in [-0.25, -0.2) is 13.6 Å². The summed E-state index contributed by atoms with van der Waals surface area (Å²) in [5, 5.41) is 8.52. The van der Waals surface area contributed by atoms with Crippen molar-refractivity contribution in [3.8, 4) is 0 Å². The first-order valence-corrected chi connectivity index (χ1v) is 8.63. The molecule has 2 rings (SSSR count). The number of sulfonamides is 1. The maximum Gasteiger partial charge on any atom is 0.248 e. The monoisotopic (exact) mass is 370 g/mol. The first-order valence-electron chi connectivity index (χ1n) is 6.33. The molecule has 0 unspecified atom stereocenters. The minimum absolute atomic E-state index is 0.0287. The van der Waals surface area contributed by atoms with Crippen LogP contribution in [0.2, 0.25) is 10.0 Å². The lowest BCUT2D eigenvalue weighted by Gasteiger charge is -2.04. The van der Waals surface area contributed by atoms with Crippen molar-refractivity contribution >= 4 is 50.9 Å². The first kappa shape index (κ1) is 17.5. The predicted octanol–water partition coefficient (Wildman–Crippen LogP) is 3.29. The molecule has 0 spiro atoms. The van der Waals surface area contributed by atoms with Crippen molar-refractivity contribution in [2.45, 2.75) is 4.90 Å². The molecule has 0 aliphatic rings. The molecule has 0 radical (unpaired) electrons. The lowest BCUT2D eigenvalue weighted by Crippen LogP contribution is -2.12. The summed E-state index contributed by atoms with van der Waals surface area (Å²) in [5.74, 6) is -0.389. The molecule has 0 fully saturated rings. The van der Waals surface area contributed by atoms with E-state index in [0.717, 1.165) is 0 Å². The van der Waals surface area contributed by atoms with Crippen LogP contribution in [0.15, 0.2) is 53.4 Å². The van der Waals surface area contributed by atoms with Crippen molar-refractivity contribution in [1.29, 1.82) is 0 Å². The molecule has 1 amide bonds. The summed E-state index contributed by atoms with van der Waals surface area (Å²) < 4.78 is 22.3. The van der Waals surface area contributed by atoms with Gasteiger partial charge in [-0.15, -0.1) is 0 Å². The van der Waals surface area contributed by atoms with Crippen molar-refractivity contribution in [3.63, 3.8) is 0 Å². The predicted molar refractivity (Wildman–Crippen MR) is 91.9 cm³/mol. The maximum atomic E-state index is 11.8. The van der Waals surface area contributed by atoms with Gasteiger partial charge in [0.1, 0.15) is 0 Å². The molecule has 23 heavy (non-hydrogen) atoms. The highest BCUT2D eigenvalue weighted by atomic mass is 35.5. The second-order valence-corrected chi connectivity index (χ2v) is 6.96. The molecule has 0 bridgehead atoms. The smallest absolute Gasteiger partial charge is 0.248 e. The second-order valence-electron chi connectivity index (χ2n) is 4.56. The Balaban J connectivity index is 2.06. The zero-order valence-electron chi connectivity index (χ0n) is 11.7. The van der Waals surface area contributed by atoms with Crippen LogP contribution in [0.1, 0.15) is 5.56 Å². The molecule has 3 N–H and O–H groups in total. The normalized spacial score (nSPS) is 11.6. The average molecular weight is 371 g/mol. The van der Waals surface area contributed by atoms with Crippen LogP contribution in [0, 0.1) is 0 Å². The molecule has 8 heteroatoms. The van der Waals surface area contributed by atoms with E-state index in [0.29, 0.717) is 21.3 Å². The molecule has 0 aromatic heterocycles. The molecule has 0 saturated heterocycles. The average Bonchev–Trinajstić information content (AvgIpc) is 2.46. The Hall–Kier alpha value is -1.86. The van der Waals surface area contributed by atoms with Gasteiger partial charge in [-0.3, -0.25) is 4.79 Å². The van der Waals surface area contributed by atoms with Crippen molar-refractivity contribution in [2.24, 2.45) is 5.14 Å². The molecule has 0 saturated carbocycles. The lowest BCUT2D eigenvalue weighted by atomic mass is 10.2.